The number of nitrogens with one attached hydrogen (secondary N) is 2. The lowest BCUT2D eigenvalue weighted by Crippen LogP contribution is -2.46. The minimum atomic E-state index is -5.04. The molecule has 0 saturated heterocycles. The summed E-state index contributed by atoms with van der Waals surface area (Å²) in [5.41, 5.74) is -1.14. The lowest BCUT2D eigenvalue weighted by molar-refractivity contribution is -0.139. The molecule has 0 radical (unpaired) electrons. The first-order valence-electron chi connectivity index (χ1n) is 8.87. The van der Waals surface area contributed by atoms with Crippen molar-refractivity contribution in [1.82, 2.24) is 9.62 Å². The Labute approximate surface area is 183 Å². The number of primary sulfonamides is 1. The van der Waals surface area contributed by atoms with Crippen LogP contribution in [0.25, 0.3) is 0 Å². The second kappa shape index (κ2) is 9.44. The molecule has 0 bridgehead atoms. The average Bonchev–Trinajstić information content (AvgIpc) is 2.66. The number of fused-ring (bicyclic) bond motifs is 1. The summed E-state index contributed by atoms with van der Waals surface area (Å²) >= 11 is 0. The van der Waals surface area contributed by atoms with Crippen molar-refractivity contribution in [2.75, 3.05) is 19.4 Å². The van der Waals surface area contributed by atoms with Crippen molar-refractivity contribution in [2.45, 2.75) is 28.6 Å². The van der Waals surface area contributed by atoms with Crippen LogP contribution in [0.15, 0.2) is 52.3 Å². The normalized spacial score (nSPS) is 17.2. The molecule has 176 valence electrons. The highest BCUT2D eigenvalue weighted by Crippen LogP contribution is 2.39. The number of alkyl halides is 3. The molecule has 0 unspecified atom stereocenters. The third kappa shape index (κ3) is 6.41. The van der Waals surface area contributed by atoms with E-state index >= 15 is 0 Å². The van der Waals surface area contributed by atoms with Crippen molar-refractivity contribution in [3.63, 3.8) is 0 Å². The minimum absolute atomic E-state index is 0.164. The van der Waals surface area contributed by atoms with E-state index in [1.807, 2.05) is 0 Å². The number of sulfonamides is 2. The quantitative estimate of drug-likeness (QED) is 0.548. The molecule has 2 aromatic rings. The summed E-state index contributed by atoms with van der Waals surface area (Å²) in [6.45, 7) is 0. The van der Waals surface area contributed by atoms with Crippen LogP contribution in [0.3, 0.4) is 0 Å². The molecule has 32 heavy (non-hydrogen) atoms. The summed E-state index contributed by atoms with van der Waals surface area (Å²) in [7, 11) is -5.68. The second-order valence-corrected chi connectivity index (χ2v) is 10.2. The number of hydrogen-bond donors (Lipinski definition) is 3. The third-order valence-electron chi connectivity index (χ3n) is 4.10. The van der Waals surface area contributed by atoms with Gasteiger partial charge in [-0.15, -0.1) is 0 Å². The summed E-state index contributed by atoms with van der Waals surface area (Å²) in [6, 6.07) is 9.57. The van der Waals surface area contributed by atoms with Gasteiger partial charge in [-0.2, -0.15) is 17.9 Å². The first kappa shape index (κ1) is 25.6. The van der Waals surface area contributed by atoms with E-state index in [0.717, 1.165) is 12.0 Å². The van der Waals surface area contributed by atoms with Gasteiger partial charge in [-0.05, 0) is 17.7 Å². The van der Waals surface area contributed by atoms with Gasteiger partial charge in [0, 0.05) is 20.5 Å². The number of benzene rings is 2. The lowest BCUT2D eigenvalue weighted by Gasteiger charge is -2.29. The minimum Gasteiger partial charge on any atom is -0.368 e. The Bertz CT molecular complexity index is 1190. The zero-order chi connectivity index (χ0) is 24.3. The lowest BCUT2D eigenvalue weighted by atomic mass is 10.1. The molecular formula is C18H21F3N4O5S2. The second-order valence-electron chi connectivity index (χ2n) is 6.96. The number of amides is 1. The Balaban J connectivity index is 0.000000654. The number of anilines is 1. The van der Waals surface area contributed by atoms with Crippen LogP contribution in [0.4, 0.5) is 18.9 Å². The van der Waals surface area contributed by atoms with E-state index in [-0.39, 0.29) is 12.1 Å². The standard InChI is InChI=1S/C15H14F3N3O4S2.C3H7NO/c16-15(17,18)10-7-11-13(8-12(10)26(19,22)23)27(24,25)21-14(20-11)6-9-4-2-1-3-5-9;1-4(2)3-5/h1-5,7-8,14,20-21H,6H2,(H2,19,22,23);3H,1-2H3/t14-;/m1./s1. The summed E-state index contributed by atoms with van der Waals surface area (Å²) in [5, 5.41) is 7.51. The Hall–Kier alpha value is -2.68. The highest BCUT2D eigenvalue weighted by molar-refractivity contribution is 7.90. The molecule has 0 aromatic heterocycles. The van der Waals surface area contributed by atoms with Gasteiger partial charge < -0.3 is 10.2 Å². The summed E-state index contributed by atoms with van der Waals surface area (Å²) in [5.74, 6) is 0. The Morgan fingerprint density at radius 1 is 1.16 bits per heavy atom. The molecular weight excluding hydrogens is 473 g/mol. The SMILES string of the molecule is CN(C)C=O.NS(=O)(=O)c1cc2c(cc1C(F)(F)F)N[C@@H](Cc1ccccc1)NS2(=O)=O. The van der Waals surface area contributed by atoms with Crippen molar-refractivity contribution in [2.24, 2.45) is 5.14 Å². The van der Waals surface area contributed by atoms with E-state index in [4.69, 9.17) is 5.14 Å². The average molecular weight is 495 g/mol. The fraction of sp³-hybridized carbons (Fsp3) is 0.278. The van der Waals surface area contributed by atoms with E-state index < -0.39 is 47.7 Å². The van der Waals surface area contributed by atoms with Gasteiger partial charge in [-0.3, -0.25) is 4.79 Å². The topological polar surface area (TPSA) is 139 Å². The zero-order valence-electron chi connectivity index (χ0n) is 16.9. The van der Waals surface area contributed by atoms with Crippen LogP contribution < -0.4 is 15.2 Å². The molecule has 1 amide bonds. The van der Waals surface area contributed by atoms with E-state index in [1.165, 1.54) is 4.90 Å². The number of hydrogen-bond acceptors (Lipinski definition) is 6. The van der Waals surface area contributed by atoms with Crippen LogP contribution in [0.5, 0.6) is 0 Å². The number of nitrogens with zero attached hydrogens (tertiary/aromatic N) is 1. The van der Waals surface area contributed by atoms with E-state index in [0.29, 0.717) is 12.1 Å². The fourth-order valence-electron chi connectivity index (χ4n) is 2.76. The van der Waals surface area contributed by atoms with Gasteiger partial charge in [0.2, 0.25) is 26.5 Å². The van der Waals surface area contributed by atoms with Gasteiger partial charge in [0.15, 0.2) is 0 Å². The van der Waals surface area contributed by atoms with Gasteiger partial charge in [-0.25, -0.2) is 22.0 Å². The van der Waals surface area contributed by atoms with Gasteiger partial charge in [0.1, 0.15) is 4.90 Å². The molecule has 4 N–H and O–H groups in total. The Kier molecular flexibility index (Phi) is 7.55. The van der Waals surface area contributed by atoms with Crippen LogP contribution in [0.2, 0.25) is 0 Å². The van der Waals surface area contributed by atoms with Gasteiger partial charge >= 0.3 is 6.18 Å². The smallest absolute Gasteiger partial charge is 0.368 e. The maximum atomic E-state index is 13.3. The van der Waals surface area contributed by atoms with Gasteiger partial charge in [0.05, 0.1) is 22.3 Å². The van der Waals surface area contributed by atoms with E-state index in [1.54, 1.807) is 44.4 Å². The van der Waals surface area contributed by atoms with Crippen molar-refractivity contribution < 1.29 is 34.8 Å². The highest BCUT2D eigenvalue weighted by Gasteiger charge is 2.40. The predicted octanol–water partition coefficient (Wildman–Crippen LogP) is 1.33. The number of halogens is 3. The summed E-state index contributed by atoms with van der Waals surface area (Å²) in [4.78, 5) is 8.95. The van der Waals surface area contributed by atoms with Crippen molar-refractivity contribution in [3.05, 3.63) is 53.6 Å². The number of nitrogens with two attached hydrogens (primary N) is 1. The highest BCUT2D eigenvalue weighted by atomic mass is 32.2. The maximum Gasteiger partial charge on any atom is 0.417 e. The first-order valence-corrected chi connectivity index (χ1v) is 11.9. The van der Waals surface area contributed by atoms with Crippen LogP contribution >= 0.6 is 0 Å². The molecule has 0 fully saturated rings. The van der Waals surface area contributed by atoms with Crippen molar-refractivity contribution >= 4 is 32.1 Å². The number of carbonyl (C=O) groups excluding carboxylic acids is 1. The monoisotopic (exact) mass is 494 g/mol. The van der Waals surface area contributed by atoms with Gasteiger partial charge in [-0.1, -0.05) is 30.3 Å². The maximum absolute atomic E-state index is 13.3. The Morgan fingerprint density at radius 3 is 2.19 bits per heavy atom. The number of rotatable bonds is 4. The third-order valence-corrected chi connectivity index (χ3v) is 6.57. The predicted molar refractivity (Wildman–Crippen MR) is 110 cm³/mol. The molecule has 1 heterocycles. The largest absolute Gasteiger partial charge is 0.417 e. The zero-order valence-corrected chi connectivity index (χ0v) is 18.6. The van der Waals surface area contributed by atoms with Crippen LogP contribution in [0.1, 0.15) is 11.1 Å². The van der Waals surface area contributed by atoms with Crippen molar-refractivity contribution in [1.29, 1.82) is 0 Å². The van der Waals surface area contributed by atoms with Crippen LogP contribution in [-0.2, 0) is 37.4 Å². The Morgan fingerprint density at radius 2 is 1.72 bits per heavy atom. The molecule has 0 saturated carbocycles. The van der Waals surface area contributed by atoms with Crippen molar-refractivity contribution in [3.8, 4) is 0 Å². The van der Waals surface area contributed by atoms with Crippen LogP contribution in [0, 0.1) is 0 Å². The molecule has 9 nitrogen and oxygen atoms in total. The molecule has 0 spiro atoms. The molecule has 3 rings (SSSR count). The van der Waals surface area contributed by atoms with E-state index in [9.17, 15) is 34.8 Å². The van der Waals surface area contributed by atoms with E-state index in [2.05, 4.69) is 10.0 Å². The molecule has 1 aliphatic rings. The molecule has 1 atom stereocenters. The van der Waals surface area contributed by atoms with Gasteiger partial charge in [0.25, 0.3) is 0 Å². The van der Waals surface area contributed by atoms with Crippen LogP contribution in [-0.4, -0.2) is 48.4 Å². The molecule has 14 heteroatoms. The molecule has 1 aliphatic heterocycles. The number of carbonyl (C=O) groups is 1. The molecule has 2 aromatic carbocycles. The summed E-state index contributed by atoms with van der Waals surface area (Å²) in [6.07, 6.45) is -5.04. The fourth-order valence-corrected chi connectivity index (χ4v) is 4.93. The summed E-state index contributed by atoms with van der Waals surface area (Å²) < 4.78 is 90.1. The first-order chi connectivity index (χ1) is 14.6. The molecule has 0 aliphatic carbocycles.